The third-order valence-electron chi connectivity index (χ3n) is 2.23. The van der Waals surface area contributed by atoms with Crippen LogP contribution in [0, 0.1) is 5.92 Å². The molecule has 1 aromatic rings. The Kier molecular flexibility index (Phi) is 3.94. The highest BCUT2D eigenvalue weighted by molar-refractivity contribution is 9.10. The number of hydrogen-bond donors (Lipinski definition) is 0. The van der Waals surface area contributed by atoms with Crippen LogP contribution in [0.3, 0.4) is 0 Å². The van der Waals surface area contributed by atoms with E-state index in [4.69, 9.17) is 9.47 Å². The summed E-state index contributed by atoms with van der Waals surface area (Å²) < 4.78 is 22.6. The van der Waals surface area contributed by atoms with Crippen molar-refractivity contribution in [2.75, 3.05) is 26.1 Å². The van der Waals surface area contributed by atoms with E-state index < -0.39 is 10.8 Å². The molecule has 0 bridgehead atoms. The lowest BCUT2D eigenvalue weighted by Crippen LogP contribution is -2.32. The maximum absolute atomic E-state index is 11.3. The fourth-order valence-corrected chi connectivity index (χ4v) is 2.32. The molecule has 0 aliphatic carbocycles. The molecule has 4 nitrogen and oxygen atoms in total. The fraction of sp³-hybridized carbons (Fsp3) is 0.500. The maximum atomic E-state index is 11.3. The van der Waals surface area contributed by atoms with Crippen molar-refractivity contribution < 1.29 is 13.7 Å². The van der Waals surface area contributed by atoms with Gasteiger partial charge in [0.1, 0.15) is 15.4 Å². The smallest absolute Gasteiger partial charge is 0.131 e. The van der Waals surface area contributed by atoms with Crippen LogP contribution in [-0.2, 0) is 15.5 Å². The van der Waals surface area contributed by atoms with E-state index in [0.29, 0.717) is 27.9 Å². The van der Waals surface area contributed by atoms with Crippen LogP contribution in [-0.4, -0.2) is 35.3 Å². The molecule has 2 heterocycles. The highest BCUT2D eigenvalue weighted by Crippen LogP contribution is 2.21. The highest BCUT2D eigenvalue weighted by Gasteiger charge is 2.19. The molecular formula is C10H12BrNO3S. The van der Waals surface area contributed by atoms with E-state index in [1.165, 1.54) is 0 Å². The number of ether oxygens (including phenoxy) is 2. The van der Waals surface area contributed by atoms with Crippen molar-refractivity contribution in [2.24, 2.45) is 5.92 Å². The Labute approximate surface area is 105 Å². The number of pyridine rings is 1. The topological polar surface area (TPSA) is 48.4 Å². The van der Waals surface area contributed by atoms with Gasteiger partial charge in [0, 0.05) is 24.3 Å². The average Bonchev–Trinajstić information content (AvgIpc) is 2.14. The first-order chi connectivity index (χ1) is 7.65. The van der Waals surface area contributed by atoms with E-state index in [-0.39, 0.29) is 0 Å². The fourth-order valence-electron chi connectivity index (χ4n) is 1.28. The molecule has 1 aromatic heterocycles. The molecule has 0 radical (unpaired) electrons. The van der Waals surface area contributed by atoms with Gasteiger partial charge in [0.25, 0.3) is 0 Å². The zero-order chi connectivity index (χ0) is 11.5. The molecule has 1 aliphatic rings. The third kappa shape index (κ3) is 3.02. The highest BCUT2D eigenvalue weighted by atomic mass is 79.9. The number of aromatic nitrogens is 1. The van der Waals surface area contributed by atoms with Crippen molar-refractivity contribution >= 4 is 26.7 Å². The summed E-state index contributed by atoms with van der Waals surface area (Å²) in [5, 5.41) is 0.522. The van der Waals surface area contributed by atoms with Gasteiger partial charge in [0.2, 0.25) is 0 Å². The molecule has 1 fully saturated rings. The molecule has 1 saturated heterocycles. The third-order valence-corrected chi connectivity index (χ3v) is 3.44. The van der Waals surface area contributed by atoms with Crippen LogP contribution >= 0.6 is 15.9 Å². The van der Waals surface area contributed by atoms with Gasteiger partial charge in [-0.3, -0.25) is 4.21 Å². The van der Waals surface area contributed by atoms with E-state index in [2.05, 4.69) is 20.9 Å². The Bertz CT molecular complexity index is 409. The average molecular weight is 306 g/mol. The van der Waals surface area contributed by atoms with Gasteiger partial charge in [0.05, 0.1) is 30.6 Å². The largest absolute Gasteiger partial charge is 0.493 e. The van der Waals surface area contributed by atoms with Crippen molar-refractivity contribution in [2.45, 2.75) is 5.03 Å². The van der Waals surface area contributed by atoms with E-state index in [1.807, 2.05) is 0 Å². The van der Waals surface area contributed by atoms with Gasteiger partial charge in [-0.05, 0) is 15.9 Å². The molecule has 2 rings (SSSR count). The molecule has 1 atom stereocenters. The lowest BCUT2D eigenvalue weighted by molar-refractivity contribution is -0.0508. The lowest BCUT2D eigenvalue weighted by Gasteiger charge is -2.25. The van der Waals surface area contributed by atoms with Crippen molar-refractivity contribution in [3.8, 4) is 5.75 Å². The van der Waals surface area contributed by atoms with Gasteiger partial charge < -0.3 is 9.47 Å². The lowest BCUT2D eigenvalue weighted by atomic mass is 10.1. The van der Waals surface area contributed by atoms with E-state index in [0.717, 1.165) is 13.2 Å². The zero-order valence-corrected chi connectivity index (χ0v) is 11.2. The number of halogens is 1. The minimum Gasteiger partial charge on any atom is -0.493 e. The molecule has 16 heavy (non-hydrogen) atoms. The Morgan fingerprint density at radius 1 is 1.62 bits per heavy atom. The Morgan fingerprint density at radius 2 is 2.38 bits per heavy atom. The molecule has 0 saturated carbocycles. The Morgan fingerprint density at radius 3 is 2.94 bits per heavy atom. The summed E-state index contributed by atoms with van der Waals surface area (Å²) in [5.41, 5.74) is 0. The standard InChI is InChI=1S/C10H12BrNO3S/c1-16(13)10-3-8(2-9(11)12-10)15-6-7-4-14-5-7/h2-3,7H,4-6H2,1H3. The van der Waals surface area contributed by atoms with E-state index in [9.17, 15) is 4.21 Å². The molecule has 0 N–H and O–H groups in total. The normalized spacial score (nSPS) is 17.9. The van der Waals surface area contributed by atoms with Crippen LogP contribution in [0.1, 0.15) is 0 Å². The van der Waals surface area contributed by atoms with Gasteiger partial charge in [-0.25, -0.2) is 4.98 Å². The predicted octanol–water partition coefficient (Wildman–Crippen LogP) is 1.61. The molecule has 0 spiro atoms. The molecule has 0 amide bonds. The van der Waals surface area contributed by atoms with E-state index in [1.54, 1.807) is 18.4 Å². The number of hydrogen-bond acceptors (Lipinski definition) is 4. The van der Waals surface area contributed by atoms with Gasteiger partial charge in [0.15, 0.2) is 0 Å². The molecule has 1 unspecified atom stereocenters. The summed E-state index contributed by atoms with van der Waals surface area (Å²) in [6.45, 7) is 2.16. The second-order valence-corrected chi connectivity index (χ2v) is 5.77. The number of nitrogens with zero attached hydrogens (tertiary/aromatic N) is 1. The van der Waals surface area contributed by atoms with Crippen molar-refractivity contribution in [3.63, 3.8) is 0 Å². The minimum atomic E-state index is -1.10. The van der Waals surface area contributed by atoms with Crippen molar-refractivity contribution in [3.05, 3.63) is 16.7 Å². The molecule has 88 valence electrons. The molecule has 6 heteroatoms. The van der Waals surface area contributed by atoms with E-state index >= 15 is 0 Å². The summed E-state index contributed by atoms with van der Waals surface area (Å²) in [4.78, 5) is 4.11. The second kappa shape index (κ2) is 5.25. The van der Waals surface area contributed by atoms with Crippen LogP contribution in [0.25, 0.3) is 0 Å². The maximum Gasteiger partial charge on any atom is 0.131 e. The SMILES string of the molecule is CS(=O)c1cc(OCC2COC2)cc(Br)n1. The summed E-state index contributed by atoms with van der Waals surface area (Å²) in [6, 6.07) is 3.48. The predicted molar refractivity (Wildman–Crippen MR) is 64.1 cm³/mol. The molecule has 1 aliphatic heterocycles. The summed E-state index contributed by atoms with van der Waals surface area (Å²) in [7, 11) is -1.10. The quantitative estimate of drug-likeness (QED) is 0.793. The summed E-state index contributed by atoms with van der Waals surface area (Å²) in [5.74, 6) is 1.17. The van der Waals surface area contributed by atoms with Crippen molar-refractivity contribution in [1.29, 1.82) is 0 Å². The van der Waals surface area contributed by atoms with Crippen molar-refractivity contribution in [1.82, 2.24) is 4.98 Å². The number of rotatable bonds is 4. The van der Waals surface area contributed by atoms with Gasteiger partial charge in [-0.1, -0.05) is 0 Å². The molecular weight excluding hydrogens is 294 g/mol. The zero-order valence-electron chi connectivity index (χ0n) is 8.81. The van der Waals surface area contributed by atoms with Gasteiger partial charge in [-0.15, -0.1) is 0 Å². The van der Waals surface area contributed by atoms with Crippen LogP contribution in [0.5, 0.6) is 5.75 Å². The van der Waals surface area contributed by atoms with Crippen LogP contribution in [0.2, 0.25) is 0 Å². The summed E-state index contributed by atoms with van der Waals surface area (Å²) >= 11 is 3.27. The Hall–Kier alpha value is -0.460. The van der Waals surface area contributed by atoms with Gasteiger partial charge in [-0.2, -0.15) is 0 Å². The minimum absolute atomic E-state index is 0.475. The monoisotopic (exact) mass is 305 g/mol. The summed E-state index contributed by atoms with van der Waals surface area (Å²) in [6.07, 6.45) is 1.60. The molecule has 0 aromatic carbocycles. The first-order valence-corrected chi connectivity index (χ1v) is 7.22. The Balaban J connectivity index is 2.04. The van der Waals surface area contributed by atoms with Crippen LogP contribution in [0.4, 0.5) is 0 Å². The first-order valence-electron chi connectivity index (χ1n) is 4.86. The first kappa shape index (κ1) is 12.0. The second-order valence-electron chi connectivity index (χ2n) is 3.63. The van der Waals surface area contributed by atoms with Gasteiger partial charge >= 0.3 is 0 Å². The van der Waals surface area contributed by atoms with Crippen LogP contribution < -0.4 is 4.74 Å². The van der Waals surface area contributed by atoms with Crippen LogP contribution in [0.15, 0.2) is 21.8 Å².